The first-order chi connectivity index (χ1) is 20.1. The summed E-state index contributed by atoms with van der Waals surface area (Å²) in [4.78, 5) is 15.4. The van der Waals surface area contributed by atoms with Gasteiger partial charge in [-0.15, -0.1) is 0 Å². The van der Waals surface area contributed by atoms with Gasteiger partial charge < -0.3 is 9.47 Å². The van der Waals surface area contributed by atoms with E-state index in [0.717, 1.165) is 52.8 Å². The molecular formula is C36H28N2O3. The van der Waals surface area contributed by atoms with E-state index in [0.29, 0.717) is 24.5 Å². The Balaban J connectivity index is 1.23. The SMILES string of the molecule is C=CC(=O)OCCCCCOc1ccc(C#Cc2ccc(C#Cc3ccc(-c4ccc(C#N)cc4)cc3)nc2)cc1. The lowest BCUT2D eigenvalue weighted by molar-refractivity contribution is -0.137. The fourth-order valence-corrected chi connectivity index (χ4v) is 3.74. The van der Waals surface area contributed by atoms with Crippen molar-refractivity contribution in [2.75, 3.05) is 13.2 Å². The fourth-order valence-electron chi connectivity index (χ4n) is 3.74. The number of nitrogens with zero attached hydrogens (tertiary/aromatic N) is 2. The van der Waals surface area contributed by atoms with E-state index in [4.69, 9.17) is 14.7 Å². The molecule has 0 unspecified atom stereocenters. The van der Waals surface area contributed by atoms with Gasteiger partial charge in [-0.25, -0.2) is 9.78 Å². The summed E-state index contributed by atoms with van der Waals surface area (Å²) in [6, 6.07) is 29.1. The number of hydrogen-bond acceptors (Lipinski definition) is 5. The molecule has 0 spiro atoms. The highest BCUT2D eigenvalue weighted by Crippen LogP contribution is 2.20. The second-order valence-electron chi connectivity index (χ2n) is 9.00. The van der Waals surface area contributed by atoms with Crippen LogP contribution in [0.4, 0.5) is 0 Å². The summed E-state index contributed by atoms with van der Waals surface area (Å²) in [5.41, 5.74) is 6.03. The van der Waals surface area contributed by atoms with Crippen LogP contribution in [0, 0.1) is 35.0 Å². The fraction of sp³-hybridized carbons (Fsp3) is 0.139. The van der Waals surface area contributed by atoms with E-state index in [-0.39, 0.29) is 5.97 Å². The van der Waals surface area contributed by atoms with Gasteiger partial charge in [0.15, 0.2) is 0 Å². The number of rotatable bonds is 9. The minimum absolute atomic E-state index is 0.386. The van der Waals surface area contributed by atoms with E-state index >= 15 is 0 Å². The summed E-state index contributed by atoms with van der Waals surface area (Å²) >= 11 is 0. The molecule has 0 saturated carbocycles. The van der Waals surface area contributed by atoms with Crippen molar-refractivity contribution in [3.8, 4) is 46.6 Å². The van der Waals surface area contributed by atoms with E-state index in [1.165, 1.54) is 6.08 Å². The Hall–Kier alpha value is -5.57. The second kappa shape index (κ2) is 15.1. The number of pyridine rings is 1. The Morgan fingerprint density at radius 2 is 1.27 bits per heavy atom. The number of aromatic nitrogens is 1. The Morgan fingerprint density at radius 3 is 1.88 bits per heavy atom. The first-order valence-electron chi connectivity index (χ1n) is 13.3. The third-order valence-electron chi connectivity index (χ3n) is 6.00. The van der Waals surface area contributed by atoms with Crippen LogP contribution in [-0.4, -0.2) is 24.2 Å². The van der Waals surface area contributed by atoms with Crippen LogP contribution in [-0.2, 0) is 9.53 Å². The second-order valence-corrected chi connectivity index (χ2v) is 9.00. The van der Waals surface area contributed by atoms with E-state index < -0.39 is 0 Å². The molecule has 0 aliphatic rings. The van der Waals surface area contributed by atoms with Crippen LogP contribution in [0.1, 0.15) is 47.2 Å². The van der Waals surface area contributed by atoms with Crippen molar-refractivity contribution in [2.24, 2.45) is 0 Å². The maximum atomic E-state index is 11.0. The number of carbonyl (C=O) groups excluding carboxylic acids is 1. The van der Waals surface area contributed by atoms with Gasteiger partial charge >= 0.3 is 5.97 Å². The maximum absolute atomic E-state index is 11.0. The molecule has 0 radical (unpaired) electrons. The zero-order valence-corrected chi connectivity index (χ0v) is 22.6. The Labute approximate surface area is 241 Å². The lowest BCUT2D eigenvalue weighted by Crippen LogP contribution is -2.03. The van der Waals surface area contributed by atoms with E-state index in [1.54, 1.807) is 6.20 Å². The molecule has 0 amide bonds. The van der Waals surface area contributed by atoms with Crippen LogP contribution < -0.4 is 4.74 Å². The van der Waals surface area contributed by atoms with Crippen LogP contribution >= 0.6 is 0 Å². The quantitative estimate of drug-likeness (QED) is 0.103. The summed E-state index contributed by atoms with van der Waals surface area (Å²) in [5.74, 6) is 12.9. The molecule has 0 N–H and O–H groups in total. The van der Waals surface area contributed by atoms with Crippen molar-refractivity contribution in [2.45, 2.75) is 19.3 Å². The minimum Gasteiger partial charge on any atom is -0.494 e. The summed E-state index contributed by atoms with van der Waals surface area (Å²) < 4.78 is 10.7. The average molecular weight is 537 g/mol. The maximum Gasteiger partial charge on any atom is 0.330 e. The summed E-state index contributed by atoms with van der Waals surface area (Å²) in [6.07, 6.45) is 5.49. The predicted molar refractivity (Wildman–Crippen MR) is 160 cm³/mol. The number of nitriles is 1. The first-order valence-corrected chi connectivity index (χ1v) is 13.3. The molecule has 200 valence electrons. The smallest absolute Gasteiger partial charge is 0.330 e. The van der Waals surface area contributed by atoms with Crippen LogP contribution in [0.5, 0.6) is 5.75 Å². The van der Waals surface area contributed by atoms with Gasteiger partial charge in [-0.05, 0) is 97.0 Å². The Kier molecular flexibility index (Phi) is 10.5. The van der Waals surface area contributed by atoms with Gasteiger partial charge in [0.25, 0.3) is 0 Å². The molecule has 5 heteroatoms. The standard InChI is InChI=1S/C36H28N2O3/c1-2-36(39)41-25-5-3-4-24-40-35-22-14-28(15-23-35)6-7-31-13-21-34(38-27-31)20-12-29-8-16-32(17-9-29)33-18-10-30(26-37)11-19-33/h2,8-11,13-19,21-23,27H,1,3-5,24-25H2. The van der Waals surface area contributed by atoms with E-state index in [2.05, 4.69) is 41.3 Å². The normalized spacial score (nSPS) is 9.73. The molecule has 0 aliphatic heterocycles. The van der Waals surface area contributed by atoms with Crippen LogP contribution in [0.15, 0.2) is 104 Å². The van der Waals surface area contributed by atoms with Gasteiger partial charge in [0.1, 0.15) is 11.4 Å². The largest absolute Gasteiger partial charge is 0.494 e. The van der Waals surface area contributed by atoms with Gasteiger partial charge in [0.05, 0.1) is 24.8 Å². The van der Waals surface area contributed by atoms with Crippen LogP contribution in [0.2, 0.25) is 0 Å². The number of benzene rings is 3. The molecule has 0 atom stereocenters. The summed E-state index contributed by atoms with van der Waals surface area (Å²) in [7, 11) is 0. The lowest BCUT2D eigenvalue weighted by atomic mass is 10.0. The molecule has 4 rings (SSSR count). The van der Waals surface area contributed by atoms with Crippen LogP contribution in [0.3, 0.4) is 0 Å². The third-order valence-corrected chi connectivity index (χ3v) is 6.00. The van der Waals surface area contributed by atoms with Crippen molar-refractivity contribution in [1.82, 2.24) is 4.98 Å². The zero-order chi connectivity index (χ0) is 28.7. The minimum atomic E-state index is -0.386. The number of esters is 1. The molecule has 3 aromatic carbocycles. The third kappa shape index (κ3) is 9.29. The molecule has 0 aliphatic carbocycles. The highest BCUT2D eigenvalue weighted by atomic mass is 16.5. The van der Waals surface area contributed by atoms with Gasteiger partial charge in [-0.3, -0.25) is 0 Å². The van der Waals surface area contributed by atoms with E-state index in [9.17, 15) is 4.79 Å². The molecule has 5 nitrogen and oxygen atoms in total. The Morgan fingerprint density at radius 1 is 0.707 bits per heavy atom. The lowest BCUT2D eigenvalue weighted by Gasteiger charge is -2.06. The van der Waals surface area contributed by atoms with Crippen molar-refractivity contribution in [1.29, 1.82) is 5.26 Å². The van der Waals surface area contributed by atoms with Crippen molar-refractivity contribution < 1.29 is 14.3 Å². The molecule has 1 heterocycles. The number of carbonyl (C=O) groups is 1. The monoisotopic (exact) mass is 536 g/mol. The number of unbranched alkanes of at least 4 members (excludes halogenated alkanes) is 2. The van der Waals surface area contributed by atoms with Gasteiger partial charge in [0.2, 0.25) is 0 Å². The van der Waals surface area contributed by atoms with Gasteiger partial charge in [0, 0.05) is 29.0 Å². The Bertz CT molecular complexity index is 1620. The molecule has 1 aromatic heterocycles. The van der Waals surface area contributed by atoms with Crippen molar-refractivity contribution in [3.63, 3.8) is 0 Å². The zero-order valence-electron chi connectivity index (χ0n) is 22.6. The van der Waals surface area contributed by atoms with Gasteiger partial charge in [-0.1, -0.05) is 48.6 Å². The summed E-state index contributed by atoms with van der Waals surface area (Å²) in [6.45, 7) is 4.38. The van der Waals surface area contributed by atoms with Crippen molar-refractivity contribution >= 4 is 5.97 Å². The molecular weight excluding hydrogens is 508 g/mol. The molecule has 0 saturated heterocycles. The molecule has 0 bridgehead atoms. The highest BCUT2D eigenvalue weighted by molar-refractivity contribution is 5.81. The predicted octanol–water partition coefficient (Wildman–Crippen LogP) is 6.70. The molecule has 4 aromatic rings. The number of hydrogen-bond donors (Lipinski definition) is 0. The summed E-state index contributed by atoms with van der Waals surface area (Å²) in [5, 5.41) is 8.95. The molecule has 0 fully saturated rings. The highest BCUT2D eigenvalue weighted by Gasteiger charge is 1.99. The average Bonchev–Trinajstić information content (AvgIpc) is 3.03. The number of ether oxygens (including phenoxy) is 2. The van der Waals surface area contributed by atoms with Crippen molar-refractivity contribution in [3.05, 3.63) is 132 Å². The topological polar surface area (TPSA) is 72.2 Å². The molecule has 41 heavy (non-hydrogen) atoms. The van der Waals surface area contributed by atoms with E-state index in [1.807, 2.05) is 84.9 Å². The van der Waals surface area contributed by atoms with Gasteiger partial charge in [-0.2, -0.15) is 5.26 Å². The first kappa shape index (κ1) is 28.4. The van der Waals surface area contributed by atoms with Crippen LogP contribution in [0.25, 0.3) is 11.1 Å².